The fourth-order valence-corrected chi connectivity index (χ4v) is 2.69. The van der Waals surface area contributed by atoms with Gasteiger partial charge in [0.2, 0.25) is 0 Å². The second-order valence-corrected chi connectivity index (χ2v) is 5.11. The van der Waals surface area contributed by atoms with Crippen LogP contribution >= 0.6 is 0 Å². The molecule has 0 aromatic carbocycles. The molecule has 2 rings (SSSR count). The SMILES string of the molecule is CC(CN1CCCC1)NCC1CCCN1. The quantitative estimate of drug-likeness (QED) is 0.705. The van der Waals surface area contributed by atoms with E-state index >= 15 is 0 Å². The van der Waals surface area contributed by atoms with Crippen LogP contribution in [0.4, 0.5) is 0 Å². The van der Waals surface area contributed by atoms with Gasteiger partial charge in [-0.15, -0.1) is 0 Å². The second-order valence-electron chi connectivity index (χ2n) is 5.11. The highest BCUT2D eigenvalue weighted by Crippen LogP contribution is 2.08. The largest absolute Gasteiger partial charge is 0.313 e. The zero-order valence-electron chi connectivity index (χ0n) is 9.97. The smallest absolute Gasteiger partial charge is 0.0193 e. The molecule has 2 saturated heterocycles. The summed E-state index contributed by atoms with van der Waals surface area (Å²) in [5.74, 6) is 0. The molecule has 2 N–H and O–H groups in total. The van der Waals surface area contributed by atoms with Crippen molar-refractivity contribution in [2.45, 2.75) is 44.7 Å². The molecule has 0 spiro atoms. The number of hydrogen-bond donors (Lipinski definition) is 2. The molecule has 88 valence electrons. The van der Waals surface area contributed by atoms with Gasteiger partial charge in [-0.1, -0.05) is 0 Å². The first kappa shape index (κ1) is 11.4. The van der Waals surface area contributed by atoms with Gasteiger partial charge in [-0.25, -0.2) is 0 Å². The maximum absolute atomic E-state index is 3.65. The highest BCUT2D eigenvalue weighted by molar-refractivity contribution is 4.79. The summed E-state index contributed by atoms with van der Waals surface area (Å²) in [5.41, 5.74) is 0. The van der Waals surface area contributed by atoms with E-state index in [1.165, 1.54) is 51.9 Å². The Bertz CT molecular complexity index is 172. The molecule has 2 unspecified atom stereocenters. The van der Waals surface area contributed by atoms with Crippen LogP contribution < -0.4 is 10.6 Å². The molecule has 2 aliphatic heterocycles. The molecule has 0 aromatic rings. The van der Waals surface area contributed by atoms with Crippen LogP contribution in [0.2, 0.25) is 0 Å². The molecule has 2 aliphatic rings. The zero-order chi connectivity index (χ0) is 10.5. The van der Waals surface area contributed by atoms with E-state index in [9.17, 15) is 0 Å². The Hall–Kier alpha value is -0.120. The summed E-state index contributed by atoms with van der Waals surface area (Å²) in [6.07, 6.45) is 5.50. The normalized spacial score (nSPS) is 29.8. The molecule has 2 fully saturated rings. The van der Waals surface area contributed by atoms with E-state index < -0.39 is 0 Å². The van der Waals surface area contributed by atoms with Crippen molar-refractivity contribution in [2.24, 2.45) is 0 Å². The third-order valence-electron chi connectivity index (χ3n) is 3.61. The minimum Gasteiger partial charge on any atom is -0.313 e. The molecular formula is C12H25N3. The topological polar surface area (TPSA) is 27.3 Å². The number of likely N-dealkylation sites (tertiary alicyclic amines) is 1. The first-order chi connectivity index (χ1) is 7.34. The predicted molar refractivity (Wildman–Crippen MR) is 64.2 cm³/mol. The van der Waals surface area contributed by atoms with Gasteiger partial charge in [0.05, 0.1) is 0 Å². The maximum Gasteiger partial charge on any atom is 0.0193 e. The lowest BCUT2D eigenvalue weighted by atomic mass is 10.2. The van der Waals surface area contributed by atoms with Gasteiger partial charge in [0.25, 0.3) is 0 Å². The first-order valence-electron chi connectivity index (χ1n) is 6.54. The summed E-state index contributed by atoms with van der Waals surface area (Å²) in [6.45, 7) is 8.53. The average Bonchev–Trinajstić information content (AvgIpc) is 2.86. The van der Waals surface area contributed by atoms with Crippen molar-refractivity contribution in [1.29, 1.82) is 0 Å². The fraction of sp³-hybridized carbons (Fsp3) is 1.00. The number of nitrogens with zero attached hydrogens (tertiary/aromatic N) is 1. The summed E-state index contributed by atoms with van der Waals surface area (Å²) in [6, 6.07) is 1.37. The van der Waals surface area contributed by atoms with Gasteiger partial charge in [-0.05, 0) is 52.2 Å². The number of hydrogen-bond acceptors (Lipinski definition) is 3. The van der Waals surface area contributed by atoms with Crippen molar-refractivity contribution < 1.29 is 0 Å². The highest BCUT2D eigenvalue weighted by atomic mass is 15.2. The Kier molecular flexibility index (Phi) is 4.42. The lowest BCUT2D eigenvalue weighted by Crippen LogP contribution is -2.43. The van der Waals surface area contributed by atoms with Gasteiger partial charge in [-0.3, -0.25) is 0 Å². The van der Waals surface area contributed by atoms with E-state index in [1.807, 2.05) is 0 Å². The minimum absolute atomic E-state index is 0.644. The van der Waals surface area contributed by atoms with E-state index in [1.54, 1.807) is 0 Å². The lowest BCUT2D eigenvalue weighted by molar-refractivity contribution is 0.295. The Labute approximate surface area is 93.6 Å². The van der Waals surface area contributed by atoms with E-state index in [-0.39, 0.29) is 0 Å². The van der Waals surface area contributed by atoms with Gasteiger partial charge < -0.3 is 15.5 Å². The van der Waals surface area contributed by atoms with Gasteiger partial charge >= 0.3 is 0 Å². The van der Waals surface area contributed by atoms with Crippen LogP contribution in [0.5, 0.6) is 0 Å². The molecule has 0 saturated carbocycles. The highest BCUT2D eigenvalue weighted by Gasteiger charge is 2.17. The van der Waals surface area contributed by atoms with Crippen molar-refractivity contribution in [3.05, 3.63) is 0 Å². The zero-order valence-corrected chi connectivity index (χ0v) is 9.97. The molecule has 0 aromatic heterocycles. The van der Waals surface area contributed by atoms with Crippen LogP contribution in [0.25, 0.3) is 0 Å². The summed E-state index contributed by atoms with van der Waals surface area (Å²) in [5, 5.41) is 7.18. The molecule has 2 heterocycles. The summed E-state index contributed by atoms with van der Waals surface area (Å²) < 4.78 is 0. The van der Waals surface area contributed by atoms with E-state index in [4.69, 9.17) is 0 Å². The van der Waals surface area contributed by atoms with Crippen molar-refractivity contribution in [1.82, 2.24) is 15.5 Å². The summed E-state index contributed by atoms with van der Waals surface area (Å²) in [4.78, 5) is 2.58. The minimum atomic E-state index is 0.644. The van der Waals surface area contributed by atoms with Crippen LogP contribution in [-0.4, -0.2) is 49.7 Å². The van der Waals surface area contributed by atoms with Gasteiger partial charge in [0, 0.05) is 25.2 Å². The van der Waals surface area contributed by atoms with Crippen molar-refractivity contribution in [3.8, 4) is 0 Å². The molecule has 15 heavy (non-hydrogen) atoms. The van der Waals surface area contributed by atoms with Crippen molar-refractivity contribution >= 4 is 0 Å². The molecule has 0 amide bonds. The Morgan fingerprint density at radius 1 is 1.33 bits per heavy atom. The molecule has 0 radical (unpaired) electrons. The van der Waals surface area contributed by atoms with Crippen LogP contribution in [0.15, 0.2) is 0 Å². The molecular weight excluding hydrogens is 186 g/mol. The third-order valence-corrected chi connectivity index (χ3v) is 3.61. The third kappa shape index (κ3) is 3.74. The van der Waals surface area contributed by atoms with Crippen LogP contribution in [0, 0.1) is 0 Å². The summed E-state index contributed by atoms with van der Waals surface area (Å²) >= 11 is 0. The molecule has 2 atom stereocenters. The Morgan fingerprint density at radius 3 is 2.80 bits per heavy atom. The second kappa shape index (κ2) is 5.83. The van der Waals surface area contributed by atoms with Gasteiger partial charge in [-0.2, -0.15) is 0 Å². The number of rotatable bonds is 5. The molecule has 3 heteroatoms. The van der Waals surface area contributed by atoms with E-state index in [0.717, 1.165) is 12.6 Å². The summed E-state index contributed by atoms with van der Waals surface area (Å²) in [7, 11) is 0. The molecule has 3 nitrogen and oxygen atoms in total. The van der Waals surface area contributed by atoms with Crippen LogP contribution in [0.1, 0.15) is 32.6 Å². The van der Waals surface area contributed by atoms with Crippen LogP contribution in [0.3, 0.4) is 0 Å². The van der Waals surface area contributed by atoms with Gasteiger partial charge in [0.1, 0.15) is 0 Å². The Morgan fingerprint density at radius 2 is 2.13 bits per heavy atom. The Balaban J connectivity index is 1.57. The maximum atomic E-state index is 3.65. The lowest BCUT2D eigenvalue weighted by Gasteiger charge is -2.22. The van der Waals surface area contributed by atoms with Gasteiger partial charge in [0.15, 0.2) is 0 Å². The monoisotopic (exact) mass is 211 g/mol. The van der Waals surface area contributed by atoms with Crippen molar-refractivity contribution in [3.63, 3.8) is 0 Å². The molecule has 0 aliphatic carbocycles. The van der Waals surface area contributed by atoms with E-state index in [2.05, 4.69) is 22.5 Å². The predicted octanol–water partition coefficient (Wildman–Crippen LogP) is 0.812. The molecule has 0 bridgehead atoms. The standard InChI is InChI=1S/C12H25N3/c1-11(10-15-7-2-3-8-15)14-9-12-5-4-6-13-12/h11-14H,2-10H2,1H3. The fourth-order valence-electron chi connectivity index (χ4n) is 2.69. The van der Waals surface area contributed by atoms with Crippen molar-refractivity contribution in [2.75, 3.05) is 32.7 Å². The van der Waals surface area contributed by atoms with E-state index in [0.29, 0.717) is 6.04 Å². The first-order valence-corrected chi connectivity index (χ1v) is 6.54. The number of nitrogens with one attached hydrogen (secondary N) is 2. The average molecular weight is 211 g/mol. The van der Waals surface area contributed by atoms with Crippen LogP contribution in [-0.2, 0) is 0 Å².